The molecule has 1 amide bonds. The van der Waals surface area contributed by atoms with E-state index in [1.807, 2.05) is 0 Å². The Bertz CT molecular complexity index is 477. The van der Waals surface area contributed by atoms with Crippen LogP contribution in [0.4, 0.5) is 0 Å². The van der Waals surface area contributed by atoms with Gasteiger partial charge in [0.2, 0.25) is 0 Å². The normalized spacial score (nSPS) is 14.0. The number of benzene rings is 1. The van der Waals surface area contributed by atoms with E-state index in [-0.39, 0.29) is 5.70 Å². The standard InChI is InChI=1S/C9H8N2O2/c1-11(13)8-6-4-2-3-5-7(6)10-9(8)12/h2-5,13H,1H3. The highest BCUT2D eigenvalue weighted by Gasteiger charge is 2.18. The van der Waals surface area contributed by atoms with Crippen molar-refractivity contribution in [1.29, 1.82) is 0 Å². The largest absolute Gasteiger partial charge is 0.296 e. The monoisotopic (exact) mass is 176 g/mol. The minimum atomic E-state index is -0.397. The van der Waals surface area contributed by atoms with Crippen LogP contribution in [0.3, 0.4) is 0 Å². The van der Waals surface area contributed by atoms with Crippen LogP contribution in [0.25, 0.3) is 5.70 Å². The van der Waals surface area contributed by atoms with Crippen molar-refractivity contribution < 1.29 is 10.0 Å². The number of carbonyl (C=O) groups excluding carboxylic acids is 1. The number of hydroxylamine groups is 2. The lowest BCUT2D eigenvalue weighted by Gasteiger charge is -2.08. The molecule has 1 aromatic rings. The Morgan fingerprint density at radius 3 is 2.77 bits per heavy atom. The lowest BCUT2D eigenvalue weighted by Crippen LogP contribution is -2.27. The minimum Gasteiger partial charge on any atom is -0.288 e. The fraction of sp³-hybridized carbons (Fsp3) is 0.111. The average Bonchev–Trinajstić information content (AvgIpc) is 2.39. The molecule has 0 saturated heterocycles. The average molecular weight is 176 g/mol. The van der Waals surface area contributed by atoms with Gasteiger partial charge < -0.3 is 0 Å². The molecular formula is C9H8N2O2. The van der Waals surface area contributed by atoms with E-state index in [0.29, 0.717) is 10.6 Å². The van der Waals surface area contributed by atoms with E-state index < -0.39 is 5.91 Å². The van der Waals surface area contributed by atoms with Gasteiger partial charge in [-0.2, -0.15) is 0 Å². The van der Waals surface area contributed by atoms with Crippen molar-refractivity contribution in [2.75, 3.05) is 7.05 Å². The number of carbonyl (C=O) groups is 1. The number of nitrogens with zero attached hydrogens (tertiary/aromatic N) is 2. The van der Waals surface area contributed by atoms with E-state index in [9.17, 15) is 10.0 Å². The van der Waals surface area contributed by atoms with Crippen LogP contribution in [0.1, 0.15) is 0 Å². The van der Waals surface area contributed by atoms with Crippen LogP contribution in [0.5, 0.6) is 0 Å². The van der Waals surface area contributed by atoms with Gasteiger partial charge in [-0.1, -0.05) is 18.2 Å². The summed E-state index contributed by atoms with van der Waals surface area (Å²) < 4.78 is 0. The molecule has 1 N–H and O–H groups in total. The number of hydrogen-bond acceptors (Lipinski definition) is 3. The van der Waals surface area contributed by atoms with Crippen LogP contribution in [0.15, 0.2) is 29.3 Å². The van der Waals surface area contributed by atoms with Crippen molar-refractivity contribution >= 4 is 11.6 Å². The maximum atomic E-state index is 11.3. The van der Waals surface area contributed by atoms with Crippen LogP contribution in [0, 0.1) is 0 Å². The van der Waals surface area contributed by atoms with Gasteiger partial charge in [-0.3, -0.25) is 15.1 Å². The zero-order valence-electron chi connectivity index (χ0n) is 7.06. The summed E-state index contributed by atoms with van der Waals surface area (Å²) in [6.07, 6.45) is 0. The summed E-state index contributed by atoms with van der Waals surface area (Å²) in [5.41, 5.74) is 0.232. The third kappa shape index (κ3) is 1.11. The molecule has 4 nitrogen and oxygen atoms in total. The van der Waals surface area contributed by atoms with Gasteiger partial charge in [0.1, 0.15) is 5.70 Å². The molecule has 0 radical (unpaired) electrons. The Morgan fingerprint density at radius 1 is 1.38 bits per heavy atom. The zero-order chi connectivity index (χ0) is 9.42. The van der Waals surface area contributed by atoms with E-state index >= 15 is 0 Å². The number of para-hydroxylation sites is 1. The fourth-order valence-corrected chi connectivity index (χ4v) is 1.36. The molecule has 1 heterocycles. The third-order valence-electron chi connectivity index (χ3n) is 1.91. The predicted octanol–water partition coefficient (Wildman–Crippen LogP) is -0.724. The summed E-state index contributed by atoms with van der Waals surface area (Å²) in [7, 11) is 1.41. The van der Waals surface area contributed by atoms with E-state index in [2.05, 4.69) is 4.99 Å². The lowest BCUT2D eigenvalue weighted by atomic mass is 10.2. The first-order valence-electron chi connectivity index (χ1n) is 3.85. The SMILES string of the molecule is CN(O)C1=c2ccccc2=NC1=O. The number of amides is 1. The zero-order valence-corrected chi connectivity index (χ0v) is 7.06. The molecule has 0 fully saturated rings. The van der Waals surface area contributed by atoms with Crippen molar-refractivity contribution in [2.45, 2.75) is 0 Å². The van der Waals surface area contributed by atoms with Crippen molar-refractivity contribution in [3.63, 3.8) is 0 Å². The van der Waals surface area contributed by atoms with Crippen LogP contribution < -0.4 is 10.6 Å². The summed E-state index contributed by atoms with van der Waals surface area (Å²) in [5, 5.41) is 11.3. The molecule has 0 spiro atoms. The summed E-state index contributed by atoms with van der Waals surface area (Å²) in [6.45, 7) is 0. The highest BCUT2D eigenvalue weighted by atomic mass is 16.5. The second-order valence-electron chi connectivity index (χ2n) is 2.81. The summed E-state index contributed by atoms with van der Waals surface area (Å²) in [5.74, 6) is -0.397. The predicted molar refractivity (Wildman–Crippen MR) is 45.2 cm³/mol. The summed E-state index contributed by atoms with van der Waals surface area (Å²) in [6, 6.07) is 7.10. The first kappa shape index (κ1) is 7.94. The number of fused-ring (bicyclic) bond motifs is 1. The van der Waals surface area contributed by atoms with Crippen molar-refractivity contribution in [1.82, 2.24) is 5.06 Å². The maximum Gasteiger partial charge on any atom is 0.296 e. The van der Waals surface area contributed by atoms with Crippen LogP contribution in [-0.2, 0) is 4.79 Å². The molecular weight excluding hydrogens is 168 g/mol. The first-order valence-corrected chi connectivity index (χ1v) is 3.85. The van der Waals surface area contributed by atoms with Crippen LogP contribution in [0.2, 0.25) is 0 Å². The molecule has 0 aromatic heterocycles. The second kappa shape index (κ2) is 2.67. The van der Waals surface area contributed by atoms with E-state index in [4.69, 9.17) is 0 Å². The topological polar surface area (TPSA) is 52.9 Å². The van der Waals surface area contributed by atoms with Crippen molar-refractivity contribution in [3.8, 4) is 0 Å². The summed E-state index contributed by atoms with van der Waals surface area (Å²) >= 11 is 0. The third-order valence-corrected chi connectivity index (χ3v) is 1.91. The van der Waals surface area contributed by atoms with Gasteiger partial charge >= 0.3 is 0 Å². The van der Waals surface area contributed by atoms with E-state index in [1.165, 1.54) is 7.05 Å². The summed E-state index contributed by atoms with van der Waals surface area (Å²) in [4.78, 5) is 15.0. The fourth-order valence-electron chi connectivity index (χ4n) is 1.36. The van der Waals surface area contributed by atoms with Crippen LogP contribution in [-0.4, -0.2) is 23.2 Å². The Balaban J connectivity index is 2.84. The molecule has 0 bridgehead atoms. The Kier molecular flexibility index (Phi) is 1.63. The van der Waals surface area contributed by atoms with E-state index in [0.717, 1.165) is 5.06 Å². The Labute approximate surface area is 74.4 Å². The maximum absolute atomic E-state index is 11.3. The highest BCUT2D eigenvalue weighted by Crippen LogP contribution is 2.01. The molecule has 66 valence electrons. The number of rotatable bonds is 1. The molecule has 1 aromatic carbocycles. The number of likely N-dealkylation sites (N-methyl/N-ethyl adjacent to an activating group) is 1. The molecule has 2 rings (SSSR count). The molecule has 1 aliphatic heterocycles. The molecule has 0 saturated carbocycles. The van der Waals surface area contributed by atoms with E-state index in [1.54, 1.807) is 24.3 Å². The van der Waals surface area contributed by atoms with Gasteiger partial charge in [0, 0.05) is 12.3 Å². The van der Waals surface area contributed by atoms with Gasteiger partial charge in [0.05, 0.1) is 5.36 Å². The second-order valence-corrected chi connectivity index (χ2v) is 2.81. The highest BCUT2D eigenvalue weighted by molar-refractivity contribution is 6.14. The van der Waals surface area contributed by atoms with Gasteiger partial charge in [0.15, 0.2) is 0 Å². The lowest BCUT2D eigenvalue weighted by molar-refractivity contribution is -0.116. The quantitative estimate of drug-likeness (QED) is 0.574. The smallest absolute Gasteiger partial charge is 0.288 e. The molecule has 0 unspecified atom stereocenters. The van der Waals surface area contributed by atoms with Gasteiger partial charge in [-0.05, 0) is 6.07 Å². The number of hydrogen-bond donors (Lipinski definition) is 1. The molecule has 0 atom stereocenters. The Morgan fingerprint density at radius 2 is 2.08 bits per heavy atom. The Hall–Kier alpha value is -1.68. The van der Waals surface area contributed by atoms with Gasteiger partial charge in [0.25, 0.3) is 5.91 Å². The first-order chi connectivity index (χ1) is 6.20. The van der Waals surface area contributed by atoms with Gasteiger partial charge in [-0.15, -0.1) is 0 Å². The van der Waals surface area contributed by atoms with Gasteiger partial charge in [-0.25, -0.2) is 4.99 Å². The molecule has 4 heteroatoms. The van der Waals surface area contributed by atoms with Crippen molar-refractivity contribution in [3.05, 3.63) is 34.8 Å². The molecule has 1 aliphatic rings. The minimum absolute atomic E-state index is 0.232. The van der Waals surface area contributed by atoms with Crippen LogP contribution >= 0.6 is 0 Å². The van der Waals surface area contributed by atoms with Crippen molar-refractivity contribution in [2.24, 2.45) is 4.99 Å². The molecule has 13 heavy (non-hydrogen) atoms. The molecule has 0 aliphatic carbocycles.